The molecule has 1 rings (SSSR count). The summed E-state index contributed by atoms with van der Waals surface area (Å²) in [5.74, 6) is -0.414. The van der Waals surface area contributed by atoms with Gasteiger partial charge in [-0.25, -0.2) is 4.79 Å². The summed E-state index contributed by atoms with van der Waals surface area (Å²) in [4.78, 5) is 36.4. The molecule has 1 heterocycles. The van der Waals surface area contributed by atoms with E-state index in [1.807, 2.05) is 13.0 Å². The van der Waals surface area contributed by atoms with Crippen LogP contribution in [0, 0.1) is 11.8 Å². The molecule has 5 atom stereocenters. The Hall–Kier alpha value is -2.05. The molecule has 0 aromatic rings. The zero-order valence-corrected chi connectivity index (χ0v) is 18.0. The highest BCUT2D eigenvalue weighted by atomic mass is 16.6. The third kappa shape index (κ3) is 8.31. The van der Waals surface area contributed by atoms with Gasteiger partial charge in [-0.15, -0.1) is 6.58 Å². The van der Waals surface area contributed by atoms with Crippen LogP contribution >= 0.6 is 0 Å². The number of rotatable bonds is 9. The van der Waals surface area contributed by atoms with E-state index in [-0.39, 0.29) is 29.9 Å². The maximum absolute atomic E-state index is 12.6. The van der Waals surface area contributed by atoms with E-state index < -0.39 is 17.7 Å². The van der Waals surface area contributed by atoms with Crippen molar-refractivity contribution in [2.45, 2.75) is 91.0 Å². The molecule has 0 spiro atoms. The highest BCUT2D eigenvalue weighted by Crippen LogP contribution is 2.27. The standard InChI is InChI=1S/C21H36N2O5/c1-8-9-10-13(2)11-16(17-12-14(3)19(25)27-17)23-18(24)15(4)22-20(26)28-21(5,6)7/h8,13-17H,1,9-12H2,2-7H3,(H,22,26)(H,23,24)/t13-,14-,15+,16+,17+/m1/s1. The Morgan fingerprint density at radius 3 is 2.46 bits per heavy atom. The molecule has 0 unspecified atom stereocenters. The van der Waals surface area contributed by atoms with Crippen LogP contribution in [0.4, 0.5) is 4.79 Å². The average molecular weight is 397 g/mol. The Balaban J connectivity index is 2.72. The Kier molecular flexibility index (Phi) is 8.98. The molecule has 160 valence electrons. The number of allylic oxidation sites excluding steroid dienone is 1. The smallest absolute Gasteiger partial charge is 0.408 e. The predicted octanol–water partition coefficient (Wildman–Crippen LogP) is 3.33. The van der Waals surface area contributed by atoms with Crippen molar-refractivity contribution < 1.29 is 23.9 Å². The van der Waals surface area contributed by atoms with Gasteiger partial charge in [-0.1, -0.05) is 19.9 Å². The third-order valence-corrected chi connectivity index (χ3v) is 4.68. The minimum absolute atomic E-state index is 0.176. The quantitative estimate of drug-likeness (QED) is 0.461. The van der Waals surface area contributed by atoms with Gasteiger partial charge >= 0.3 is 12.1 Å². The fraction of sp³-hybridized carbons (Fsp3) is 0.762. The van der Waals surface area contributed by atoms with Crippen LogP contribution in [-0.2, 0) is 19.1 Å². The summed E-state index contributed by atoms with van der Waals surface area (Å²) in [5, 5.41) is 5.51. The number of carbonyl (C=O) groups excluding carboxylic acids is 3. The topological polar surface area (TPSA) is 93.7 Å². The molecule has 1 fully saturated rings. The number of cyclic esters (lactones) is 1. The fourth-order valence-electron chi connectivity index (χ4n) is 3.12. The van der Waals surface area contributed by atoms with Crippen LogP contribution in [0.3, 0.4) is 0 Å². The molecule has 7 nitrogen and oxygen atoms in total. The van der Waals surface area contributed by atoms with Gasteiger partial charge < -0.3 is 20.1 Å². The second kappa shape index (κ2) is 10.5. The van der Waals surface area contributed by atoms with Crippen LogP contribution in [0.25, 0.3) is 0 Å². The second-order valence-corrected chi connectivity index (χ2v) is 8.80. The first-order valence-electron chi connectivity index (χ1n) is 10.0. The lowest BCUT2D eigenvalue weighted by atomic mass is 9.91. The Morgan fingerprint density at radius 1 is 1.32 bits per heavy atom. The minimum Gasteiger partial charge on any atom is -0.460 e. The van der Waals surface area contributed by atoms with Crippen molar-refractivity contribution in [3.63, 3.8) is 0 Å². The van der Waals surface area contributed by atoms with E-state index in [2.05, 4.69) is 24.1 Å². The van der Waals surface area contributed by atoms with Gasteiger partial charge in [0.15, 0.2) is 0 Å². The molecule has 7 heteroatoms. The zero-order chi connectivity index (χ0) is 21.5. The molecule has 0 aromatic heterocycles. The van der Waals surface area contributed by atoms with Gasteiger partial charge in [0.2, 0.25) is 5.91 Å². The summed E-state index contributed by atoms with van der Waals surface area (Å²) in [7, 11) is 0. The van der Waals surface area contributed by atoms with E-state index in [4.69, 9.17) is 9.47 Å². The molecule has 1 saturated heterocycles. The molecular formula is C21H36N2O5. The van der Waals surface area contributed by atoms with Gasteiger partial charge in [0.1, 0.15) is 17.7 Å². The summed E-state index contributed by atoms with van der Waals surface area (Å²) < 4.78 is 10.7. The van der Waals surface area contributed by atoms with E-state index in [1.54, 1.807) is 27.7 Å². The van der Waals surface area contributed by atoms with Crippen LogP contribution < -0.4 is 10.6 Å². The number of hydrogen-bond acceptors (Lipinski definition) is 5. The predicted molar refractivity (Wildman–Crippen MR) is 108 cm³/mol. The summed E-state index contributed by atoms with van der Waals surface area (Å²) >= 11 is 0. The van der Waals surface area contributed by atoms with Gasteiger partial charge in [0, 0.05) is 0 Å². The largest absolute Gasteiger partial charge is 0.460 e. The first-order valence-corrected chi connectivity index (χ1v) is 10.0. The molecule has 0 radical (unpaired) electrons. The highest BCUT2D eigenvalue weighted by molar-refractivity contribution is 5.85. The van der Waals surface area contributed by atoms with E-state index >= 15 is 0 Å². The summed E-state index contributed by atoms with van der Waals surface area (Å²) in [6.07, 6.45) is 3.96. The molecule has 2 amide bonds. The Labute approximate surface area is 168 Å². The zero-order valence-electron chi connectivity index (χ0n) is 18.0. The Bertz CT molecular complexity index is 570. The first-order chi connectivity index (χ1) is 12.9. The molecule has 0 aromatic carbocycles. The van der Waals surface area contributed by atoms with Crippen molar-refractivity contribution in [1.82, 2.24) is 10.6 Å². The summed E-state index contributed by atoms with van der Waals surface area (Å²) in [6, 6.07) is -1.07. The lowest BCUT2D eigenvalue weighted by Gasteiger charge is -2.28. The van der Waals surface area contributed by atoms with Crippen molar-refractivity contribution in [1.29, 1.82) is 0 Å². The monoisotopic (exact) mass is 396 g/mol. The van der Waals surface area contributed by atoms with Crippen LogP contribution in [-0.4, -0.2) is 41.8 Å². The van der Waals surface area contributed by atoms with E-state index in [1.165, 1.54) is 0 Å². The first kappa shape index (κ1) is 24.0. The fourth-order valence-corrected chi connectivity index (χ4v) is 3.12. The third-order valence-electron chi connectivity index (χ3n) is 4.68. The van der Waals surface area contributed by atoms with Gasteiger partial charge in [-0.05, 0) is 59.3 Å². The van der Waals surface area contributed by atoms with Crippen LogP contribution in [0.1, 0.15) is 67.2 Å². The van der Waals surface area contributed by atoms with Crippen LogP contribution in [0.5, 0.6) is 0 Å². The summed E-state index contributed by atoms with van der Waals surface area (Å²) in [6.45, 7) is 14.5. The molecule has 28 heavy (non-hydrogen) atoms. The normalized spacial score (nSPS) is 22.6. The van der Waals surface area contributed by atoms with E-state index in [9.17, 15) is 14.4 Å². The van der Waals surface area contributed by atoms with Gasteiger partial charge in [-0.2, -0.15) is 0 Å². The molecule has 0 saturated carbocycles. The maximum Gasteiger partial charge on any atom is 0.408 e. The minimum atomic E-state index is -0.768. The number of alkyl carbamates (subject to hydrolysis) is 1. The van der Waals surface area contributed by atoms with Crippen molar-refractivity contribution in [2.75, 3.05) is 0 Å². The van der Waals surface area contributed by atoms with Gasteiger partial charge in [0.25, 0.3) is 0 Å². The lowest BCUT2D eigenvalue weighted by molar-refractivity contribution is -0.145. The molecule has 0 bridgehead atoms. The van der Waals surface area contributed by atoms with Gasteiger partial charge in [0.05, 0.1) is 12.0 Å². The number of esters is 1. The van der Waals surface area contributed by atoms with Crippen molar-refractivity contribution >= 4 is 18.0 Å². The maximum atomic E-state index is 12.6. The van der Waals surface area contributed by atoms with E-state index in [0.29, 0.717) is 18.8 Å². The Morgan fingerprint density at radius 2 is 1.96 bits per heavy atom. The summed E-state index contributed by atoms with van der Waals surface area (Å²) in [5.41, 5.74) is -0.641. The van der Waals surface area contributed by atoms with Crippen LogP contribution in [0.15, 0.2) is 12.7 Å². The number of hydrogen-bond donors (Lipinski definition) is 2. The highest BCUT2D eigenvalue weighted by Gasteiger charge is 2.38. The van der Waals surface area contributed by atoms with Gasteiger partial charge in [-0.3, -0.25) is 9.59 Å². The molecule has 1 aliphatic heterocycles. The molecule has 0 aliphatic carbocycles. The number of amides is 2. The van der Waals surface area contributed by atoms with Crippen LogP contribution in [0.2, 0.25) is 0 Å². The number of ether oxygens (including phenoxy) is 2. The average Bonchev–Trinajstić information content (AvgIpc) is 2.89. The molecular weight excluding hydrogens is 360 g/mol. The van der Waals surface area contributed by atoms with E-state index in [0.717, 1.165) is 12.8 Å². The lowest BCUT2D eigenvalue weighted by Crippen LogP contribution is -2.52. The van der Waals surface area contributed by atoms with Crippen molar-refractivity contribution in [3.05, 3.63) is 12.7 Å². The SMILES string of the molecule is C=CCC[C@@H](C)C[C@H](NC(=O)[C@H](C)NC(=O)OC(C)(C)C)[C@@H]1C[C@@H](C)C(=O)O1. The number of nitrogens with one attached hydrogen (secondary N) is 2. The molecule has 1 aliphatic rings. The second-order valence-electron chi connectivity index (χ2n) is 8.80. The molecule has 2 N–H and O–H groups in total. The van der Waals surface area contributed by atoms with Crippen molar-refractivity contribution in [2.24, 2.45) is 11.8 Å². The van der Waals surface area contributed by atoms with Crippen molar-refractivity contribution in [3.8, 4) is 0 Å². The number of carbonyl (C=O) groups is 3.